The molecule has 5 heteroatoms. The molecule has 1 fully saturated rings. The lowest BCUT2D eigenvalue weighted by atomic mass is 10.2. The van der Waals surface area contributed by atoms with Crippen LogP contribution < -0.4 is 5.32 Å². The van der Waals surface area contributed by atoms with Gasteiger partial charge in [0.15, 0.2) is 0 Å². The Morgan fingerprint density at radius 3 is 3.14 bits per heavy atom. The number of halogens is 1. The Labute approximate surface area is 97.3 Å². The average Bonchev–Trinajstić information content (AvgIpc) is 2.56. The molecule has 1 aromatic heterocycles. The predicted molar refractivity (Wildman–Crippen MR) is 64.3 cm³/mol. The number of hydrogen-bond donors (Lipinski definition) is 1. The van der Waals surface area contributed by atoms with Crippen LogP contribution in [0.1, 0.15) is 6.42 Å². The standard InChI is InChI=1S/C9H13IN4/c1-14-3-2-7(5-14)13-9-8(10)4-11-6-12-9/h4,6-7H,2-3,5H2,1H3,(H,11,12,13). The Bertz CT molecular complexity index is 317. The minimum Gasteiger partial charge on any atom is -0.365 e. The number of aromatic nitrogens is 2. The second-order valence-corrected chi connectivity index (χ2v) is 4.77. The zero-order valence-electron chi connectivity index (χ0n) is 8.07. The fraction of sp³-hybridized carbons (Fsp3) is 0.556. The smallest absolute Gasteiger partial charge is 0.143 e. The predicted octanol–water partition coefficient (Wildman–Crippen LogP) is 1.20. The number of nitrogens with zero attached hydrogens (tertiary/aromatic N) is 3. The summed E-state index contributed by atoms with van der Waals surface area (Å²) in [5, 5.41) is 3.44. The first-order valence-electron chi connectivity index (χ1n) is 4.66. The van der Waals surface area contributed by atoms with Crippen molar-refractivity contribution in [2.45, 2.75) is 12.5 Å². The summed E-state index contributed by atoms with van der Waals surface area (Å²) in [5.41, 5.74) is 0. The molecule has 0 aromatic carbocycles. The van der Waals surface area contributed by atoms with Gasteiger partial charge in [0, 0.05) is 18.8 Å². The van der Waals surface area contributed by atoms with E-state index in [0.717, 1.165) is 15.9 Å². The van der Waals surface area contributed by atoms with Crippen LogP contribution in [0.15, 0.2) is 12.5 Å². The van der Waals surface area contributed by atoms with Crippen molar-refractivity contribution in [2.75, 3.05) is 25.5 Å². The highest BCUT2D eigenvalue weighted by Gasteiger charge is 2.19. The summed E-state index contributed by atoms with van der Waals surface area (Å²) in [6.45, 7) is 2.26. The van der Waals surface area contributed by atoms with Gasteiger partial charge < -0.3 is 10.2 Å². The molecule has 0 amide bonds. The quantitative estimate of drug-likeness (QED) is 0.834. The molecule has 0 aliphatic carbocycles. The Morgan fingerprint density at radius 2 is 2.50 bits per heavy atom. The minimum absolute atomic E-state index is 0.531. The number of nitrogens with one attached hydrogen (secondary N) is 1. The highest BCUT2D eigenvalue weighted by molar-refractivity contribution is 14.1. The molecule has 1 aromatic rings. The van der Waals surface area contributed by atoms with Gasteiger partial charge in [-0.05, 0) is 42.6 Å². The van der Waals surface area contributed by atoms with Crippen molar-refractivity contribution >= 4 is 28.4 Å². The summed E-state index contributed by atoms with van der Waals surface area (Å²) in [4.78, 5) is 10.5. The Kier molecular flexibility index (Phi) is 3.17. The molecule has 1 aliphatic rings. The van der Waals surface area contributed by atoms with Crippen LogP contribution in [0.25, 0.3) is 0 Å². The molecule has 2 rings (SSSR count). The van der Waals surface area contributed by atoms with E-state index in [9.17, 15) is 0 Å². The first kappa shape index (κ1) is 10.1. The van der Waals surface area contributed by atoms with Gasteiger partial charge in [-0.25, -0.2) is 9.97 Å². The first-order chi connectivity index (χ1) is 6.75. The molecule has 1 unspecified atom stereocenters. The van der Waals surface area contributed by atoms with Gasteiger partial charge in [-0.2, -0.15) is 0 Å². The van der Waals surface area contributed by atoms with E-state index in [-0.39, 0.29) is 0 Å². The number of likely N-dealkylation sites (tertiary alicyclic amines) is 1. The van der Waals surface area contributed by atoms with Crippen LogP contribution >= 0.6 is 22.6 Å². The van der Waals surface area contributed by atoms with Crippen molar-refractivity contribution < 1.29 is 0 Å². The summed E-state index contributed by atoms with van der Waals surface area (Å²) in [6.07, 6.45) is 4.61. The number of anilines is 1. The monoisotopic (exact) mass is 304 g/mol. The van der Waals surface area contributed by atoms with Crippen molar-refractivity contribution in [3.8, 4) is 0 Å². The number of hydrogen-bond acceptors (Lipinski definition) is 4. The van der Waals surface area contributed by atoms with E-state index in [2.05, 4.69) is 49.8 Å². The van der Waals surface area contributed by atoms with Gasteiger partial charge >= 0.3 is 0 Å². The Balaban J connectivity index is 2.01. The Hall–Kier alpha value is -0.430. The van der Waals surface area contributed by atoms with Gasteiger partial charge in [0.25, 0.3) is 0 Å². The molecule has 76 valence electrons. The second-order valence-electron chi connectivity index (χ2n) is 3.61. The molecule has 0 radical (unpaired) electrons. The summed E-state index contributed by atoms with van der Waals surface area (Å²) < 4.78 is 1.08. The third kappa shape index (κ3) is 2.33. The molecule has 1 atom stereocenters. The van der Waals surface area contributed by atoms with Gasteiger partial charge in [0.1, 0.15) is 12.1 Å². The second kappa shape index (κ2) is 4.39. The zero-order chi connectivity index (χ0) is 9.97. The van der Waals surface area contributed by atoms with Crippen LogP contribution in [0.2, 0.25) is 0 Å². The molecule has 1 saturated heterocycles. The van der Waals surface area contributed by atoms with Crippen LogP contribution in [-0.2, 0) is 0 Å². The first-order valence-corrected chi connectivity index (χ1v) is 5.74. The van der Waals surface area contributed by atoms with Gasteiger partial charge in [0.2, 0.25) is 0 Å². The van der Waals surface area contributed by atoms with Crippen LogP contribution in [0.3, 0.4) is 0 Å². The molecule has 1 aliphatic heterocycles. The van der Waals surface area contributed by atoms with E-state index < -0.39 is 0 Å². The summed E-state index contributed by atoms with van der Waals surface area (Å²) in [5.74, 6) is 0.959. The molecule has 1 N–H and O–H groups in total. The molecular formula is C9H13IN4. The largest absolute Gasteiger partial charge is 0.365 e. The highest BCUT2D eigenvalue weighted by Crippen LogP contribution is 2.17. The maximum Gasteiger partial charge on any atom is 0.143 e. The SMILES string of the molecule is CN1CCC(Nc2ncncc2I)C1. The average molecular weight is 304 g/mol. The fourth-order valence-corrected chi connectivity index (χ4v) is 2.12. The van der Waals surface area contributed by atoms with E-state index in [1.54, 1.807) is 6.33 Å². The summed E-state index contributed by atoms with van der Waals surface area (Å²) >= 11 is 2.25. The van der Waals surface area contributed by atoms with Gasteiger partial charge in [-0.3, -0.25) is 0 Å². The molecule has 4 nitrogen and oxygen atoms in total. The van der Waals surface area contributed by atoms with Crippen LogP contribution in [0, 0.1) is 3.57 Å². The van der Waals surface area contributed by atoms with Crippen LogP contribution in [-0.4, -0.2) is 41.0 Å². The molecule has 0 spiro atoms. The number of likely N-dealkylation sites (N-methyl/N-ethyl adjacent to an activating group) is 1. The van der Waals surface area contributed by atoms with Crippen LogP contribution in [0.5, 0.6) is 0 Å². The lowest BCUT2D eigenvalue weighted by Gasteiger charge is -2.13. The number of rotatable bonds is 2. The van der Waals surface area contributed by atoms with Crippen molar-refractivity contribution in [3.63, 3.8) is 0 Å². The molecule has 2 heterocycles. The fourth-order valence-electron chi connectivity index (χ4n) is 1.67. The van der Waals surface area contributed by atoms with Crippen LogP contribution in [0.4, 0.5) is 5.82 Å². The molecular weight excluding hydrogens is 291 g/mol. The lowest BCUT2D eigenvalue weighted by Crippen LogP contribution is -2.24. The third-order valence-corrected chi connectivity index (χ3v) is 3.19. The van der Waals surface area contributed by atoms with Crippen molar-refractivity contribution in [2.24, 2.45) is 0 Å². The van der Waals surface area contributed by atoms with Crippen molar-refractivity contribution in [1.82, 2.24) is 14.9 Å². The maximum absolute atomic E-state index is 4.22. The molecule has 14 heavy (non-hydrogen) atoms. The molecule has 0 bridgehead atoms. The van der Waals surface area contributed by atoms with E-state index in [0.29, 0.717) is 6.04 Å². The zero-order valence-corrected chi connectivity index (χ0v) is 10.2. The minimum atomic E-state index is 0.531. The van der Waals surface area contributed by atoms with E-state index >= 15 is 0 Å². The maximum atomic E-state index is 4.22. The van der Waals surface area contributed by atoms with Crippen molar-refractivity contribution in [1.29, 1.82) is 0 Å². The van der Waals surface area contributed by atoms with Gasteiger partial charge in [-0.15, -0.1) is 0 Å². The normalized spacial score (nSPS) is 22.6. The van der Waals surface area contributed by atoms with Gasteiger partial charge in [0.05, 0.1) is 3.57 Å². The Morgan fingerprint density at radius 1 is 1.64 bits per heavy atom. The highest BCUT2D eigenvalue weighted by atomic mass is 127. The van der Waals surface area contributed by atoms with Gasteiger partial charge in [-0.1, -0.05) is 0 Å². The third-order valence-electron chi connectivity index (χ3n) is 2.40. The molecule has 0 saturated carbocycles. The van der Waals surface area contributed by atoms with E-state index in [4.69, 9.17) is 0 Å². The lowest BCUT2D eigenvalue weighted by molar-refractivity contribution is 0.414. The van der Waals surface area contributed by atoms with E-state index in [1.165, 1.54) is 13.0 Å². The van der Waals surface area contributed by atoms with E-state index in [1.807, 2.05) is 6.20 Å². The topological polar surface area (TPSA) is 41.0 Å². The summed E-state index contributed by atoms with van der Waals surface area (Å²) in [6, 6.07) is 0.531. The summed E-state index contributed by atoms with van der Waals surface area (Å²) in [7, 11) is 2.15. The van der Waals surface area contributed by atoms with Crippen molar-refractivity contribution in [3.05, 3.63) is 16.1 Å².